The highest BCUT2D eigenvalue weighted by Crippen LogP contribution is 1.99. The van der Waals surface area contributed by atoms with E-state index in [1.807, 2.05) is 24.7 Å². The number of nitrogens with two attached hydrogens (primary N) is 1. The van der Waals surface area contributed by atoms with E-state index >= 15 is 0 Å². The van der Waals surface area contributed by atoms with Crippen LogP contribution in [0, 0.1) is 0 Å². The van der Waals surface area contributed by atoms with E-state index in [0.29, 0.717) is 19.0 Å². The van der Waals surface area contributed by atoms with Crippen LogP contribution in [0.25, 0.3) is 0 Å². The summed E-state index contributed by atoms with van der Waals surface area (Å²) in [6.07, 6.45) is 3.77. The second-order valence-corrected chi connectivity index (χ2v) is 3.72. The van der Waals surface area contributed by atoms with E-state index in [9.17, 15) is 0 Å². The zero-order valence-corrected chi connectivity index (χ0v) is 9.90. The zero-order valence-electron chi connectivity index (χ0n) is 9.90. The van der Waals surface area contributed by atoms with Crippen molar-refractivity contribution in [2.45, 2.75) is 26.9 Å². The molecule has 0 unspecified atom stereocenters. The fraction of sp³-hybridized carbons (Fsp3) is 0.455. The third-order valence-electron chi connectivity index (χ3n) is 2.01. The number of aliphatic imine (C=N–C) groups is 1. The van der Waals surface area contributed by atoms with Gasteiger partial charge in [-0.25, -0.2) is 4.99 Å². The summed E-state index contributed by atoms with van der Waals surface area (Å²) in [5.41, 5.74) is 7.76. The van der Waals surface area contributed by atoms with Crippen molar-refractivity contribution in [3.05, 3.63) is 30.1 Å². The zero-order chi connectivity index (χ0) is 12.0. The molecule has 0 radical (unpaired) electrons. The van der Waals surface area contributed by atoms with Crippen LogP contribution in [0.3, 0.4) is 0 Å². The van der Waals surface area contributed by atoms with Crippen LogP contribution in [0.2, 0.25) is 0 Å². The van der Waals surface area contributed by atoms with Crippen LogP contribution in [-0.4, -0.2) is 22.3 Å². The molecule has 0 amide bonds. The highest BCUT2D eigenvalue weighted by molar-refractivity contribution is 5.78. The van der Waals surface area contributed by atoms with E-state index in [-0.39, 0.29) is 0 Å². The maximum Gasteiger partial charge on any atom is 0.189 e. The van der Waals surface area contributed by atoms with Gasteiger partial charge < -0.3 is 11.1 Å². The van der Waals surface area contributed by atoms with Gasteiger partial charge in [-0.3, -0.25) is 4.68 Å². The average molecular weight is 221 g/mol. The molecule has 5 nitrogen and oxygen atoms in total. The van der Waals surface area contributed by atoms with Gasteiger partial charge in [0.05, 0.1) is 12.7 Å². The van der Waals surface area contributed by atoms with Gasteiger partial charge in [0, 0.05) is 24.8 Å². The predicted octanol–water partition coefficient (Wildman–Crippen LogP) is 0.883. The maximum absolute atomic E-state index is 5.68. The van der Waals surface area contributed by atoms with Gasteiger partial charge in [-0.05, 0) is 13.8 Å². The van der Waals surface area contributed by atoms with E-state index in [2.05, 4.69) is 22.0 Å². The van der Waals surface area contributed by atoms with Crippen molar-refractivity contribution in [2.24, 2.45) is 10.7 Å². The van der Waals surface area contributed by atoms with E-state index in [1.54, 1.807) is 6.20 Å². The Labute approximate surface area is 96.1 Å². The van der Waals surface area contributed by atoms with Crippen LogP contribution in [0.15, 0.2) is 29.5 Å². The molecule has 1 aromatic rings. The average Bonchev–Trinajstić information content (AvgIpc) is 2.71. The highest BCUT2D eigenvalue weighted by atomic mass is 15.3. The van der Waals surface area contributed by atoms with Crippen LogP contribution < -0.4 is 11.1 Å². The monoisotopic (exact) mass is 221 g/mol. The molecule has 88 valence electrons. The first kappa shape index (κ1) is 12.3. The normalized spacial score (nSPS) is 11.5. The Morgan fingerprint density at radius 2 is 2.44 bits per heavy atom. The highest BCUT2D eigenvalue weighted by Gasteiger charge is 1.96. The van der Waals surface area contributed by atoms with Crippen molar-refractivity contribution in [3.8, 4) is 0 Å². The van der Waals surface area contributed by atoms with Gasteiger partial charge in [0.25, 0.3) is 0 Å². The molecule has 3 N–H and O–H groups in total. The van der Waals surface area contributed by atoms with Crippen LogP contribution in [0.1, 0.15) is 19.4 Å². The van der Waals surface area contributed by atoms with E-state index < -0.39 is 0 Å². The number of rotatable bonds is 5. The summed E-state index contributed by atoms with van der Waals surface area (Å²) in [6, 6.07) is 0. The van der Waals surface area contributed by atoms with Crippen molar-refractivity contribution in [1.29, 1.82) is 0 Å². The maximum atomic E-state index is 5.68. The third kappa shape index (κ3) is 4.16. The molecule has 0 bridgehead atoms. The Morgan fingerprint density at radius 1 is 1.69 bits per heavy atom. The van der Waals surface area contributed by atoms with Crippen LogP contribution in [0.5, 0.6) is 0 Å². The van der Waals surface area contributed by atoms with Gasteiger partial charge >= 0.3 is 0 Å². The number of hydrogen-bond donors (Lipinski definition) is 2. The second kappa shape index (κ2) is 5.95. The Kier molecular flexibility index (Phi) is 4.57. The Hall–Kier alpha value is -1.78. The number of hydrogen-bond acceptors (Lipinski definition) is 2. The minimum Gasteiger partial charge on any atom is -0.370 e. The fourth-order valence-electron chi connectivity index (χ4n) is 1.13. The first-order valence-corrected chi connectivity index (χ1v) is 5.31. The quantitative estimate of drug-likeness (QED) is 0.440. The number of aryl methyl sites for hydroxylation is 1. The van der Waals surface area contributed by atoms with Crippen molar-refractivity contribution >= 4 is 5.96 Å². The van der Waals surface area contributed by atoms with Crippen molar-refractivity contribution in [2.75, 3.05) is 6.54 Å². The lowest BCUT2D eigenvalue weighted by Crippen LogP contribution is -2.32. The van der Waals surface area contributed by atoms with Gasteiger partial charge in [0.2, 0.25) is 0 Å². The summed E-state index contributed by atoms with van der Waals surface area (Å²) in [6.45, 7) is 9.83. The number of nitrogens with zero attached hydrogens (tertiary/aromatic N) is 3. The molecule has 0 saturated carbocycles. The van der Waals surface area contributed by atoms with Gasteiger partial charge in [0.1, 0.15) is 0 Å². The fourth-order valence-corrected chi connectivity index (χ4v) is 1.13. The summed E-state index contributed by atoms with van der Waals surface area (Å²) >= 11 is 0. The molecule has 0 atom stereocenters. The summed E-state index contributed by atoms with van der Waals surface area (Å²) < 4.78 is 1.86. The standard InChI is InChI=1S/C11H19N5/c1-4-16-8-10(7-15-16)6-14-11(12)13-5-9(2)3/h7-8H,2,4-6H2,1,3H3,(H3,12,13,14). The van der Waals surface area contributed by atoms with E-state index in [1.165, 1.54) is 0 Å². The third-order valence-corrected chi connectivity index (χ3v) is 2.01. The van der Waals surface area contributed by atoms with E-state index in [0.717, 1.165) is 17.7 Å². The number of nitrogens with one attached hydrogen (secondary N) is 1. The minimum atomic E-state index is 0.437. The summed E-state index contributed by atoms with van der Waals surface area (Å²) in [5.74, 6) is 0.437. The Morgan fingerprint density at radius 3 is 3.00 bits per heavy atom. The molecule has 0 aliphatic carbocycles. The summed E-state index contributed by atoms with van der Waals surface area (Å²) in [5, 5.41) is 7.13. The molecule has 1 rings (SSSR count). The largest absolute Gasteiger partial charge is 0.370 e. The lowest BCUT2D eigenvalue weighted by molar-refractivity contribution is 0.659. The number of aromatic nitrogens is 2. The first-order chi connectivity index (χ1) is 7.61. The first-order valence-electron chi connectivity index (χ1n) is 5.31. The predicted molar refractivity (Wildman–Crippen MR) is 66.0 cm³/mol. The molecule has 0 aliphatic heterocycles. The lowest BCUT2D eigenvalue weighted by atomic mass is 10.3. The molecule has 16 heavy (non-hydrogen) atoms. The molecular formula is C11H19N5. The molecule has 0 aliphatic rings. The molecule has 1 heterocycles. The summed E-state index contributed by atoms with van der Waals surface area (Å²) in [7, 11) is 0. The van der Waals surface area contributed by atoms with Crippen molar-refractivity contribution in [3.63, 3.8) is 0 Å². The van der Waals surface area contributed by atoms with Crippen LogP contribution in [0.4, 0.5) is 0 Å². The second-order valence-electron chi connectivity index (χ2n) is 3.72. The Bertz CT molecular complexity index is 377. The molecule has 0 fully saturated rings. The van der Waals surface area contributed by atoms with Gasteiger partial charge in [-0.2, -0.15) is 5.10 Å². The Balaban J connectivity index is 2.42. The van der Waals surface area contributed by atoms with Crippen molar-refractivity contribution < 1.29 is 0 Å². The van der Waals surface area contributed by atoms with Gasteiger partial charge in [0.15, 0.2) is 5.96 Å². The molecule has 5 heteroatoms. The smallest absolute Gasteiger partial charge is 0.189 e. The van der Waals surface area contributed by atoms with Gasteiger partial charge in [-0.1, -0.05) is 12.2 Å². The van der Waals surface area contributed by atoms with Crippen LogP contribution >= 0.6 is 0 Å². The molecular weight excluding hydrogens is 202 g/mol. The summed E-state index contributed by atoms with van der Waals surface area (Å²) in [4.78, 5) is 4.20. The van der Waals surface area contributed by atoms with E-state index in [4.69, 9.17) is 5.73 Å². The van der Waals surface area contributed by atoms with Gasteiger partial charge in [-0.15, -0.1) is 0 Å². The number of guanidine groups is 1. The topological polar surface area (TPSA) is 68.2 Å². The lowest BCUT2D eigenvalue weighted by Gasteiger charge is -2.03. The SMILES string of the molecule is C=C(C)CNC(N)=NCc1cnn(CC)c1. The van der Waals surface area contributed by atoms with Crippen molar-refractivity contribution in [1.82, 2.24) is 15.1 Å². The van der Waals surface area contributed by atoms with Crippen LogP contribution in [-0.2, 0) is 13.1 Å². The molecule has 0 spiro atoms. The molecule has 0 saturated heterocycles. The molecule has 1 aromatic heterocycles. The minimum absolute atomic E-state index is 0.437. The molecule has 0 aromatic carbocycles.